The number of esters is 1. The van der Waals surface area contributed by atoms with Gasteiger partial charge in [0.25, 0.3) is 0 Å². The first-order valence-electron chi connectivity index (χ1n) is 10.1. The van der Waals surface area contributed by atoms with Crippen molar-refractivity contribution >= 4 is 23.0 Å². The van der Waals surface area contributed by atoms with Crippen molar-refractivity contribution in [2.75, 3.05) is 31.4 Å². The molecule has 30 heavy (non-hydrogen) atoms. The Bertz CT molecular complexity index is 976. The first-order valence-corrected chi connectivity index (χ1v) is 10.1. The fraction of sp³-hybridized carbons (Fsp3) is 0.292. The number of hydrogen-bond donors (Lipinski definition) is 1. The molecule has 6 nitrogen and oxygen atoms in total. The van der Waals surface area contributed by atoms with Crippen molar-refractivity contribution in [1.82, 2.24) is 9.97 Å². The molecule has 1 N–H and O–H groups in total. The van der Waals surface area contributed by atoms with Gasteiger partial charge < -0.3 is 15.0 Å². The Morgan fingerprint density at radius 3 is 2.47 bits per heavy atom. The molecule has 1 aromatic carbocycles. The van der Waals surface area contributed by atoms with Crippen LogP contribution in [0.2, 0.25) is 0 Å². The average molecular weight is 405 g/mol. The predicted molar refractivity (Wildman–Crippen MR) is 121 cm³/mol. The molecule has 0 bridgehead atoms. The molecule has 0 saturated heterocycles. The second kappa shape index (κ2) is 10.4. The number of ether oxygens (including phenoxy) is 1. The van der Waals surface area contributed by atoms with E-state index in [2.05, 4.69) is 56.2 Å². The summed E-state index contributed by atoms with van der Waals surface area (Å²) in [6.45, 7) is 0. The van der Waals surface area contributed by atoms with Crippen molar-refractivity contribution in [2.24, 2.45) is 0 Å². The lowest BCUT2D eigenvalue weighted by molar-refractivity contribution is 0.0601. The number of rotatable bonds is 4. The van der Waals surface area contributed by atoms with Crippen molar-refractivity contribution in [3.05, 3.63) is 77.9 Å². The number of aromatic nitrogens is 2. The van der Waals surface area contributed by atoms with Gasteiger partial charge in [-0.1, -0.05) is 6.07 Å². The molecule has 2 aromatic heterocycles. The monoisotopic (exact) mass is 404 g/mol. The van der Waals surface area contributed by atoms with E-state index in [1.54, 1.807) is 25.5 Å². The van der Waals surface area contributed by atoms with Crippen LogP contribution in [0.1, 0.15) is 34.3 Å². The fourth-order valence-electron chi connectivity index (χ4n) is 3.51. The molecule has 4 rings (SSSR count). The average Bonchev–Trinajstić information content (AvgIpc) is 2.83. The molecule has 0 amide bonds. The summed E-state index contributed by atoms with van der Waals surface area (Å²) in [7, 11) is 5.17. The van der Waals surface area contributed by atoms with E-state index in [9.17, 15) is 4.79 Å². The summed E-state index contributed by atoms with van der Waals surface area (Å²) < 4.78 is 4.57. The lowest BCUT2D eigenvalue weighted by atomic mass is 9.91. The van der Waals surface area contributed by atoms with E-state index in [1.165, 1.54) is 49.6 Å². The molecule has 0 spiro atoms. The Labute approximate surface area is 177 Å². The van der Waals surface area contributed by atoms with Gasteiger partial charge in [0.15, 0.2) is 0 Å². The van der Waals surface area contributed by atoms with E-state index in [0.717, 1.165) is 5.69 Å². The molecule has 0 unspecified atom stereocenters. The van der Waals surface area contributed by atoms with Crippen LogP contribution in [0.3, 0.4) is 0 Å². The first kappa shape index (κ1) is 21.3. The van der Waals surface area contributed by atoms with Crippen molar-refractivity contribution in [2.45, 2.75) is 25.7 Å². The number of carbonyl (C=O) groups excluding carboxylic acids is 1. The van der Waals surface area contributed by atoms with Crippen LogP contribution in [0.4, 0.5) is 17.1 Å². The molecule has 3 aromatic rings. The van der Waals surface area contributed by atoms with E-state index in [-0.39, 0.29) is 5.97 Å². The summed E-state index contributed by atoms with van der Waals surface area (Å²) in [5, 5.41) is 2.85. The highest BCUT2D eigenvalue weighted by Crippen LogP contribution is 2.28. The summed E-state index contributed by atoms with van der Waals surface area (Å²) in [5.41, 5.74) is 6.61. The molecule has 0 atom stereocenters. The number of nitrogens with one attached hydrogen (secondary N) is 1. The van der Waals surface area contributed by atoms with Crippen LogP contribution in [0, 0.1) is 0 Å². The molecule has 1 aliphatic rings. The molecule has 0 radical (unpaired) electrons. The topological polar surface area (TPSA) is 67.4 Å². The van der Waals surface area contributed by atoms with Gasteiger partial charge in [0.1, 0.15) is 0 Å². The maximum Gasteiger partial charge on any atom is 0.340 e. The van der Waals surface area contributed by atoms with Gasteiger partial charge in [0.05, 0.1) is 36.4 Å². The fourth-order valence-corrected chi connectivity index (χ4v) is 3.51. The normalized spacial score (nSPS) is 12.1. The highest BCUT2D eigenvalue weighted by Gasteiger charge is 2.12. The van der Waals surface area contributed by atoms with Gasteiger partial charge in [-0.25, -0.2) is 4.79 Å². The van der Waals surface area contributed by atoms with E-state index in [4.69, 9.17) is 0 Å². The number of fused-ring (bicyclic) bond motifs is 1. The number of benzene rings is 1. The highest BCUT2D eigenvalue weighted by molar-refractivity contribution is 5.95. The number of aryl methyl sites for hydroxylation is 2. The van der Waals surface area contributed by atoms with E-state index in [0.29, 0.717) is 11.3 Å². The SMILES string of the molecule is CN(c1cccnc1)c1ccc2c(c1)CCCC2.CNc1cnccc1C(=O)OC. The van der Waals surface area contributed by atoms with Crippen LogP contribution in [0.15, 0.2) is 61.2 Å². The van der Waals surface area contributed by atoms with Crippen LogP contribution < -0.4 is 10.2 Å². The number of nitrogens with zero attached hydrogens (tertiary/aromatic N) is 3. The Balaban J connectivity index is 0.000000187. The second-order valence-corrected chi connectivity index (χ2v) is 7.09. The Kier molecular flexibility index (Phi) is 7.38. The Hall–Kier alpha value is -3.41. The minimum atomic E-state index is -0.359. The van der Waals surface area contributed by atoms with Crippen molar-refractivity contribution in [3.8, 4) is 0 Å². The van der Waals surface area contributed by atoms with E-state index >= 15 is 0 Å². The summed E-state index contributed by atoms with van der Waals surface area (Å²) in [6, 6.07) is 12.5. The van der Waals surface area contributed by atoms with Gasteiger partial charge in [-0.3, -0.25) is 9.97 Å². The standard InChI is InChI=1S/C16H18N2.C8H10N2O2/c1-18(16-7-4-10-17-12-16)15-9-8-13-5-2-3-6-14(13)11-15;1-9-7-5-10-4-3-6(7)8(11)12-2/h4,7-12H,2-3,5-6H2,1H3;3-5,9H,1-2H3. The minimum Gasteiger partial charge on any atom is -0.465 e. The molecule has 0 saturated carbocycles. The summed E-state index contributed by atoms with van der Waals surface area (Å²) >= 11 is 0. The second-order valence-electron chi connectivity index (χ2n) is 7.09. The molecular formula is C24H28N4O2. The maximum absolute atomic E-state index is 11.1. The molecule has 2 heterocycles. The molecule has 0 aliphatic heterocycles. The van der Waals surface area contributed by atoms with Gasteiger partial charge in [-0.2, -0.15) is 0 Å². The lowest BCUT2D eigenvalue weighted by Crippen LogP contribution is -2.11. The quantitative estimate of drug-likeness (QED) is 0.639. The first-order chi connectivity index (χ1) is 14.6. The number of carbonyl (C=O) groups is 1. The van der Waals surface area contributed by atoms with Crippen molar-refractivity contribution < 1.29 is 9.53 Å². The molecule has 6 heteroatoms. The Morgan fingerprint density at radius 2 is 1.77 bits per heavy atom. The van der Waals surface area contributed by atoms with Crippen molar-refractivity contribution in [3.63, 3.8) is 0 Å². The highest BCUT2D eigenvalue weighted by atomic mass is 16.5. The lowest BCUT2D eigenvalue weighted by Gasteiger charge is -2.22. The van der Waals surface area contributed by atoms with Gasteiger partial charge in [-0.15, -0.1) is 0 Å². The molecular weight excluding hydrogens is 376 g/mol. The van der Waals surface area contributed by atoms with Crippen molar-refractivity contribution in [1.29, 1.82) is 0 Å². The maximum atomic E-state index is 11.1. The smallest absolute Gasteiger partial charge is 0.340 e. The van der Waals surface area contributed by atoms with Gasteiger partial charge in [0.2, 0.25) is 0 Å². The number of pyridine rings is 2. The predicted octanol–water partition coefficient (Wildman–Crippen LogP) is 4.64. The van der Waals surface area contributed by atoms with Crippen LogP contribution in [-0.2, 0) is 17.6 Å². The number of anilines is 3. The third-order valence-electron chi connectivity index (χ3n) is 5.25. The van der Waals surface area contributed by atoms with E-state index in [1.807, 2.05) is 18.5 Å². The minimum absolute atomic E-state index is 0.359. The van der Waals surface area contributed by atoms with Crippen LogP contribution in [-0.4, -0.2) is 37.1 Å². The summed E-state index contributed by atoms with van der Waals surface area (Å²) in [6.07, 6.45) is 12.0. The molecule has 1 aliphatic carbocycles. The third-order valence-corrected chi connectivity index (χ3v) is 5.25. The number of hydrogen-bond acceptors (Lipinski definition) is 6. The van der Waals surface area contributed by atoms with Crippen LogP contribution >= 0.6 is 0 Å². The van der Waals surface area contributed by atoms with Gasteiger partial charge in [-0.05, 0) is 67.1 Å². The molecule has 0 fully saturated rings. The summed E-state index contributed by atoms with van der Waals surface area (Å²) in [5.74, 6) is -0.359. The largest absolute Gasteiger partial charge is 0.465 e. The third kappa shape index (κ3) is 5.14. The van der Waals surface area contributed by atoms with Crippen LogP contribution in [0.25, 0.3) is 0 Å². The zero-order valence-corrected chi connectivity index (χ0v) is 17.8. The van der Waals surface area contributed by atoms with Crippen LogP contribution in [0.5, 0.6) is 0 Å². The zero-order chi connectivity index (χ0) is 21.3. The van der Waals surface area contributed by atoms with Gasteiger partial charge >= 0.3 is 5.97 Å². The molecule has 156 valence electrons. The van der Waals surface area contributed by atoms with E-state index < -0.39 is 0 Å². The summed E-state index contributed by atoms with van der Waals surface area (Å²) in [4.78, 5) is 21.3. The number of methoxy groups -OCH3 is 1. The zero-order valence-electron chi connectivity index (χ0n) is 17.8. The van der Waals surface area contributed by atoms with Gasteiger partial charge in [0, 0.05) is 32.2 Å². The Morgan fingerprint density at radius 1 is 1.00 bits per heavy atom.